The van der Waals surface area contributed by atoms with Crippen LogP contribution in [0.25, 0.3) is 0 Å². The van der Waals surface area contributed by atoms with E-state index >= 15 is 0 Å². The van der Waals surface area contributed by atoms with E-state index in [9.17, 15) is 14.7 Å². The monoisotopic (exact) mass is 447 g/mol. The van der Waals surface area contributed by atoms with E-state index in [-0.39, 0.29) is 18.2 Å². The van der Waals surface area contributed by atoms with Gasteiger partial charge in [0.2, 0.25) is 5.88 Å². The Balaban J connectivity index is 2.02. The number of aromatic nitrogens is 2. The number of H-pyrrole nitrogens is 1. The maximum atomic E-state index is 12.6. The smallest absolute Gasteiger partial charge is 0.331 e. The van der Waals surface area contributed by atoms with Crippen molar-refractivity contribution >= 4 is 23.0 Å². The van der Waals surface area contributed by atoms with Gasteiger partial charge in [0.25, 0.3) is 5.56 Å². The van der Waals surface area contributed by atoms with Crippen molar-refractivity contribution in [3.63, 3.8) is 0 Å². The molecule has 0 saturated heterocycles. The lowest BCUT2D eigenvalue weighted by Gasteiger charge is -2.23. The lowest BCUT2D eigenvalue weighted by molar-refractivity contribution is 0.188. The summed E-state index contributed by atoms with van der Waals surface area (Å²) in [5, 5.41) is 20.1. The molecule has 1 aromatic heterocycles. The highest BCUT2D eigenvalue weighted by Crippen LogP contribution is 2.34. The largest absolute Gasteiger partial charge is 0.497 e. The fraction of sp³-hybridized carbons (Fsp3) is 0.400. The molecule has 0 bridgehead atoms. The zero-order valence-corrected chi connectivity index (χ0v) is 18.4. The Kier molecular flexibility index (Phi) is 7.08. The Hall–Kier alpha value is -3.18. The Morgan fingerprint density at radius 3 is 2.65 bits per heavy atom. The van der Waals surface area contributed by atoms with Crippen molar-refractivity contribution in [2.75, 3.05) is 27.9 Å². The number of rotatable bonds is 7. The summed E-state index contributed by atoms with van der Waals surface area (Å²) in [5.41, 5.74) is -0.193. The number of ether oxygens (including phenoxy) is 2. The van der Waals surface area contributed by atoms with Crippen LogP contribution in [0.1, 0.15) is 30.0 Å². The van der Waals surface area contributed by atoms with Crippen molar-refractivity contribution < 1.29 is 14.6 Å². The SMILES string of the molecule is CNC(=S)N1N=C(c2c(O)n(CCCOC)c(=O)[nH]c2=O)C[C@H]1c1ccc(OC)cc1. The highest BCUT2D eigenvalue weighted by molar-refractivity contribution is 7.80. The predicted octanol–water partition coefficient (Wildman–Crippen LogP) is 0.943. The van der Waals surface area contributed by atoms with Gasteiger partial charge in [0.1, 0.15) is 11.3 Å². The average molecular weight is 448 g/mol. The zero-order chi connectivity index (χ0) is 22.5. The van der Waals surface area contributed by atoms with E-state index in [4.69, 9.17) is 21.7 Å². The molecule has 31 heavy (non-hydrogen) atoms. The van der Waals surface area contributed by atoms with E-state index in [0.717, 1.165) is 10.1 Å². The van der Waals surface area contributed by atoms with E-state index in [1.54, 1.807) is 26.3 Å². The van der Waals surface area contributed by atoms with Crippen LogP contribution in [0, 0.1) is 0 Å². The average Bonchev–Trinajstić information content (AvgIpc) is 3.20. The first-order chi connectivity index (χ1) is 14.9. The fourth-order valence-electron chi connectivity index (χ4n) is 3.44. The molecule has 3 rings (SSSR count). The highest BCUT2D eigenvalue weighted by atomic mass is 32.1. The number of thiocarbonyl (C=S) groups is 1. The number of aromatic hydroxyl groups is 1. The van der Waals surface area contributed by atoms with Gasteiger partial charge in [-0.15, -0.1) is 0 Å². The maximum Gasteiger partial charge on any atom is 0.331 e. The second-order valence-electron chi connectivity index (χ2n) is 6.90. The second-order valence-corrected chi connectivity index (χ2v) is 7.28. The molecule has 1 aliphatic rings. The molecule has 3 N–H and O–H groups in total. The van der Waals surface area contributed by atoms with Gasteiger partial charge in [-0.1, -0.05) is 12.1 Å². The van der Waals surface area contributed by atoms with Crippen LogP contribution < -0.4 is 21.3 Å². The lowest BCUT2D eigenvalue weighted by atomic mass is 9.99. The fourth-order valence-corrected chi connectivity index (χ4v) is 3.61. The van der Waals surface area contributed by atoms with Crippen LogP contribution in [0.5, 0.6) is 11.6 Å². The van der Waals surface area contributed by atoms with Crippen LogP contribution in [0.4, 0.5) is 0 Å². The molecule has 0 saturated carbocycles. The third-order valence-electron chi connectivity index (χ3n) is 5.02. The standard InChI is InChI=1S/C20H25N5O5S/c1-21-20(31)25-15(12-5-7-13(30-3)8-6-12)11-14(23-25)16-17(26)22-19(28)24(18(16)27)9-4-10-29-2/h5-8,15,27H,4,9-11H2,1-3H3,(H,21,31)(H,22,26,28)/t15-/m0/s1. The van der Waals surface area contributed by atoms with Gasteiger partial charge < -0.3 is 19.9 Å². The summed E-state index contributed by atoms with van der Waals surface area (Å²) in [6.45, 7) is 0.598. The number of hydrogen-bond donors (Lipinski definition) is 3. The molecule has 0 fully saturated rings. The number of hydrogen-bond acceptors (Lipinski definition) is 7. The Bertz CT molecular complexity index is 1090. The van der Waals surface area contributed by atoms with Gasteiger partial charge in [-0.2, -0.15) is 5.10 Å². The van der Waals surface area contributed by atoms with Gasteiger partial charge in [-0.25, -0.2) is 9.80 Å². The summed E-state index contributed by atoms with van der Waals surface area (Å²) >= 11 is 5.39. The molecular formula is C20H25N5O5S. The third-order valence-corrected chi connectivity index (χ3v) is 5.41. The van der Waals surface area contributed by atoms with Gasteiger partial charge in [0.05, 0.1) is 18.9 Å². The van der Waals surface area contributed by atoms with Crippen molar-refractivity contribution in [3.8, 4) is 11.6 Å². The molecule has 10 nitrogen and oxygen atoms in total. The normalized spacial score (nSPS) is 15.6. The molecule has 0 unspecified atom stereocenters. The van der Waals surface area contributed by atoms with E-state index in [0.29, 0.717) is 36.0 Å². The van der Waals surface area contributed by atoms with Crippen LogP contribution in [-0.4, -0.2) is 58.4 Å². The van der Waals surface area contributed by atoms with E-state index in [1.165, 1.54) is 0 Å². The minimum Gasteiger partial charge on any atom is -0.497 e. The molecule has 166 valence electrons. The summed E-state index contributed by atoms with van der Waals surface area (Å²) in [6, 6.07) is 7.14. The highest BCUT2D eigenvalue weighted by Gasteiger charge is 2.34. The van der Waals surface area contributed by atoms with E-state index < -0.39 is 17.1 Å². The van der Waals surface area contributed by atoms with Crippen LogP contribution in [0.2, 0.25) is 0 Å². The molecule has 1 atom stereocenters. The lowest BCUT2D eigenvalue weighted by Crippen LogP contribution is -2.34. The summed E-state index contributed by atoms with van der Waals surface area (Å²) in [5.74, 6) is 0.289. The first-order valence-corrected chi connectivity index (χ1v) is 10.1. The van der Waals surface area contributed by atoms with Gasteiger partial charge >= 0.3 is 5.69 Å². The molecule has 0 aliphatic carbocycles. The van der Waals surface area contributed by atoms with Crippen LogP contribution >= 0.6 is 12.2 Å². The van der Waals surface area contributed by atoms with Crippen molar-refractivity contribution in [2.45, 2.75) is 25.4 Å². The molecule has 2 aromatic rings. The summed E-state index contributed by atoms with van der Waals surface area (Å²) < 4.78 is 11.3. The number of methoxy groups -OCH3 is 2. The first kappa shape index (κ1) is 22.5. The van der Waals surface area contributed by atoms with Gasteiger partial charge in [-0.05, 0) is 36.3 Å². The summed E-state index contributed by atoms with van der Waals surface area (Å²) in [4.78, 5) is 27.1. The quantitative estimate of drug-likeness (QED) is 0.424. The Morgan fingerprint density at radius 2 is 2.03 bits per heavy atom. The predicted molar refractivity (Wildman–Crippen MR) is 120 cm³/mol. The van der Waals surface area contributed by atoms with Crippen molar-refractivity contribution in [2.24, 2.45) is 5.10 Å². The number of nitrogens with one attached hydrogen (secondary N) is 2. The van der Waals surface area contributed by atoms with E-state index in [1.807, 2.05) is 24.3 Å². The second kappa shape index (κ2) is 9.75. The number of nitrogens with zero attached hydrogens (tertiary/aromatic N) is 3. The molecule has 0 spiro atoms. The Labute approximate surface area is 184 Å². The zero-order valence-electron chi connectivity index (χ0n) is 17.5. The molecular weight excluding hydrogens is 422 g/mol. The van der Waals surface area contributed by atoms with Crippen molar-refractivity contribution in [1.29, 1.82) is 0 Å². The summed E-state index contributed by atoms with van der Waals surface area (Å²) in [6.07, 6.45) is 0.799. The number of hydrazone groups is 1. The molecule has 11 heteroatoms. The summed E-state index contributed by atoms with van der Waals surface area (Å²) in [7, 11) is 4.82. The molecule has 0 amide bonds. The van der Waals surface area contributed by atoms with Crippen molar-refractivity contribution in [1.82, 2.24) is 19.9 Å². The van der Waals surface area contributed by atoms with Crippen molar-refractivity contribution in [3.05, 3.63) is 56.2 Å². The van der Waals surface area contributed by atoms with Crippen LogP contribution in [0.3, 0.4) is 0 Å². The number of aromatic amines is 1. The van der Waals surface area contributed by atoms with Gasteiger partial charge in [-0.3, -0.25) is 14.3 Å². The maximum absolute atomic E-state index is 12.6. The van der Waals surface area contributed by atoms with E-state index in [2.05, 4.69) is 15.4 Å². The van der Waals surface area contributed by atoms with Crippen LogP contribution in [-0.2, 0) is 11.3 Å². The molecule has 2 heterocycles. The molecule has 1 aliphatic heterocycles. The topological polar surface area (TPSA) is 121 Å². The van der Waals surface area contributed by atoms with Crippen LogP contribution in [0.15, 0.2) is 39.0 Å². The number of benzene rings is 1. The van der Waals surface area contributed by atoms with Gasteiger partial charge in [0.15, 0.2) is 5.11 Å². The van der Waals surface area contributed by atoms with Gasteiger partial charge in [0, 0.05) is 33.7 Å². The third kappa shape index (κ3) is 4.62. The first-order valence-electron chi connectivity index (χ1n) is 9.69. The minimum atomic E-state index is -0.699. The molecule has 0 radical (unpaired) electrons. The minimum absolute atomic E-state index is 0.0445. The molecule has 1 aromatic carbocycles. The Morgan fingerprint density at radius 1 is 1.32 bits per heavy atom.